The molecule has 26 heavy (non-hydrogen) atoms. The van der Waals surface area contributed by atoms with Crippen LogP contribution in [0.15, 0.2) is 17.5 Å². The van der Waals surface area contributed by atoms with Gasteiger partial charge in [-0.2, -0.15) is 0 Å². The molecule has 1 fully saturated rings. The SMILES string of the molecule is CCC(CC)(CN)C(=O)N1CCN(C(=O)c2cc3sccc3s2)CC1.Cl. The number of hydrogen-bond donors (Lipinski definition) is 1. The Balaban J connectivity index is 0.00000243. The number of carbonyl (C=O) groups excluding carboxylic acids is 2. The Bertz CT molecular complexity index is 725. The van der Waals surface area contributed by atoms with E-state index < -0.39 is 5.41 Å². The molecule has 0 saturated carbocycles. The van der Waals surface area contributed by atoms with E-state index in [0.717, 1.165) is 17.7 Å². The summed E-state index contributed by atoms with van der Waals surface area (Å²) in [5.74, 6) is 0.223. The first-order valence-electron chi connectivity index (χ1n) is 8.80. The van der Waals surface area contributed by atoms with E-state index >= 15 is 0 Å². The summed E-state index contributed by atoms with van der Waals surface area (Å²) in [4.78, 5) is 30.2. The molecule has 0 atom stereocenters. The number of rotatable bonds is 5. The number of nitrogens with two attached hydrogens (primary N) is 1. The van der Waals surface area contributed by atoms with Gasteiger partial charge in [-0.3, -0.25) is 9.59 Å². The maximum Gasteiger partial charge on any atom is 0.264 e. The minimum absolute atomic E-state index is 0. The van der Waals surface area contributed by atoms with Gasteiger partial charge in [0.05, 0.1) is 10.3 Å². The van der Waals surface area contributed by atoms with Crippen LogP contribution in [0, 0.1) is 5.41 Å². The lowest BCUT2D eigenvalue weighted by Crippen LogP contribution is -2.55. The van der Waals surface area contributed by atoms with Crippen molar-refractivity contribution in [3.05, 3.63) is 22.4 Å². The quantitative estimate of drug-likeness (QED) is 0.813. The van der Waals surface area contributed by atoms with E-state index in [1.807, 2.05) is 35.1 Å². The first-order valence-corrected chi connectivity index (χ1v) is 10.5. The van der Waals surface area contributed by atoms with Crippen LogP contribution in [0.4, 0.5) is 0 Å². The molecule has 0 aromatic carbocycles. The number of hydrogen-bond acceptors (Lipinski definition) is 5. The molecule has 1 saturated heterocycles. The Morgan fingerprint density at radius 1 is 1.12 bits per heavy atom. The normalized spacial score (nSPS) is 15.2. The molecule has 3 rings (SSSR count). The van der Waals surface area contributed by atoms with E-state index in [2.05, 4.69) is 6.07 Å². The fourth-order valence-electron chi connectivity index (χ4n) is 3.40. The van der Waals surface area contributed by atoms with Gasteiger partial charge in [0.25, 0.3) is 5.91 Å². The van der Waals surface area contributed by atoms with Gasteiger partial charge < -0.3 is 15.5 Å². The summed E-state index contributed by atoms with van der Waals surface area (Å²) in [5.41, 5.74) is 5.45. The second-order valence-electron chi connectivity index (χ2n) is 6.54. The highest BCUT2D eigenvalue weighted by molar-refractivity contribution is 7.27. The standard InChI is InChI=1S/C18H25N3O2S2.ClH/c1-3-18(4-2,12-19)17(23)21-8-6-20(7-9-21)16(22)15-11-14-13(25-15)5-10-24-14;/h5,10-11H,3-4,6-9,12,19H2,1-2H3;1H. The van der Waals surface area contributed by atoms with E-state index in [4.69, 9.17) is 5.73 Å². The highest BCUT2D eigenvalue weighted by atomic mass is 35.5. The van der Waals surface area contributed by atoms with Crippen LogP contribution in [0.3, 0.4) is 0 Å². The zero-order valence-electron chi connectivity index (χ0n) is 15.2. The third-order valence-corrected chi connectivity index (χ3v) is 7.48. The minimum atomic E-state index is -0.454. The van der Waals surface area contributed by atoms with Gasteiger partial charge in [-0.1, -0.05) is 13.8 Å². The second-order valence-corrected chi connectivity index (χ2v) is 8.57. The fourth-order valence-corrected chi connectivity index (χ4v) is 5.48. The summed E-state index contributed by atoms with van der Waals surface area (Å²) in [5, 5.41) is 2.05. The lowest BCUT2D eigenvalue weighted by molar-refractivity contribution is -0.143. The highest BCUT2D eigenvalue weighted by Gasteiger charge is 2.38. The largest absolute Gasteiger partial charge is 0.339 e. The van der Waals surface area contributed by atoms with Crippen molar-refractivity contribution in [3.63, 3.8) is 0 Å². The Morgan fingerprint density at radius 3 is 2.27 bits per heavy atom. The Kier molecular flexibility index (Phi) is 7.07. The van der Waals surface area contributed by atoms with Crippen LogP contribution in [-0.2, 0) is 4.79 Å². The first kappa shape index (κ1) is 21.2. The molecular formula is C18H26ClN3O2S2. The third kappa shape index (κ3) is 3.76. The van der Waals surface area contributed by atoms with Crippen LogP contribution in [-0.4, -0.2) is 54.3 Å². The molecule has 5 nitrogen and oxygen atoms in total. The van der Waals surface area contributed by atoms with Crippen molar-refractivity contribution < 1.29 is 9.59 Å². The summed E-state index contributed by atoms with van der Waals surface area (Å²) in [6.07, 6.45) is 1.51. The maximum absolute atomic E-state index is 12.9. The van der Waals surface area contributed by atoms with Crippen LogP contribution >= 0.6 is 35.1 Å². The lowest BCUT2D eigenvalue weighted by atomic mass is 9.81. The molecule has 3 heterocycles. The topological polar surface area (TPSA) is 66.6 Å². The molecule has 144 valence electrons. The fraction of sp³-hybridized carbons (Fsp3) is 0.556. The summed E-state index contributed by atoms with van der Waals surface area (Å²) in [7, 11) is 0. The van der Waals surface area contributed by atoms with Gasteiger partial charge in [0.1, 0.15) is 0 Å². The van der Waals surface area contributed by atoms with Crippen LogP contribution in [0.25, 0.3) is 9.40 Å². The Labute approximate surface area is 168 Å². The average Bonchev–Trinajstić information content (AvgIpc) is 3.25. The number of fused-ring (bicyclic) bond motifs is 1. The molecule has 2 N–H and O–H groups in total. The number of piperazine rings is 1. The third-order valence-electron chi connectivity index (χ3n) is 5.40. The smallest absolute Gasteiger partial charge is 0.264 e. The molecule has 0 bridgehead atoms. The molecule has 0 radical (unpaired) electrons. The van der Waals surface area contributed by atoms with Crippen LogP contribution < -0.4 is 5.73 Å². The summed E-state index contributed by atoms with van der Waals surface area (Å²) < 4.78 is 2.33. The molecular weight excluding hydrogens is 390 g/mol. The summed E-state index contributed by atoms with van der Waals surface area (Å²) in [6.45, 7) is 6.78. The van der Waals surface area contributed by atoms with E-state index in [-0.39, 0.29) is 24.2 Å². The van der Waals surface area contributed by atoms with Crippen molar-refractivity contribution in [2.24, 2.45) is 11.1 Å². The molecule has 0 spiro atoms. The molecule has 2 amide bonds. The monoisotopic (exact) mass is 415 g/mol. The number of halogens is 1. The number of thiophene rings is 2. The molecule has 2 aromatic heterocycles. The van der Waals surface area contributed by atoms with Crippen molar-refractivity contribution in [1.82, 2.24) is 9.80 Å². The van der Waals surface area contributed by atoms with E-state index in [9.17, 15) is 9.59 Å². The molecule has 1 aliphatic rings. The maximum atomic E-state index is 12.9. The van der Waals surface area contributed by atoms with E-state index in [0.29, 0.717) is 32.7 Å². The predicted octanol–water partition coefficient (Wildman–Crippen LogP) is 3.43. The van der Waals surface area contributed by atoms with Crippen LogP contribution in [0.2, 0.25) is 0 Å². The second kappa shape index (κ2) is 8.69. The zero-order valence-corrected chi connectivity index (χ0v) is 17.6. The summed E-state index contributed by atoms with van der Waals surface area (Å²) >= 11 is 3.21. The zero-order chi connectivity index (χ0) is 18.0. The Morgan fingerprint density at radius 2 is 1.73 bits per heavy atom. The number of amides is 2. The number of carbonyl (C=O) groups is 2. The molecule has 8 heteroatoms. The van der Waals surface area contributed by atoms with Crippen LogP contribution in [0.5, 0.6) is 0 Å². The highest BCUT2D eigenvalue weighted by Crippen LogP contribution is 2.31. The minimum Gasteiger partial charge on any atom is -0.339 e. The van der Waals surface area contributed by atoms with Crippen LogP contribution in [0.1, 0.15) is 36.4 Å². The molecule has 0 aliphatic carbocycles. The van der Waals surface area contributed by atoms with Crippen molar-refractivity contribution in [2.45, 2.75) is 26.7 Å². The van der Waals surface area contributed by atoms with Gasteiger partial charge in [0.15, 0.2) is 0 Å². The van der Waals surface area contributed by atoms with Gasteiger partial charge in [-0.25, -0.2) is 0 Å². The van der Waals surface area contributed by atoms with Gasteiger partial charge in [0, 0.05) is 42.1 Å². The van der Waals surface area contributed by atoms with Gasteiger partial charge in [-0.05, 0) is 30.4 Å². The molecule has 1 aliphatic heterocycles. The lowest BCUT2D eigenvalue weighted by Gasteiger charge is -2.40. The van der Waals surface area contributed by atoms with Crippen molar-refractivity contribution in [1.29, 1.82) is 0 Å². The van der Waals surface area contributed by atoms with Crippen molar-refractivity contribution in [2.75, 3.05) is 32.7 Å². The Hall–Kier alpha value is -1.15. The van der Waals surface area contributed by atoms with Gasteiger partial charge in [0.2, 0.25) is 5.91 Å². The van der Waals surface area contributed by atoms with Gasteiger partial charge in [-0.15, -0.1) is 35.1 Å². The number of nitrogens with zero attached hydrogens (tertiary/aromatic N) is 2. The molecule has 0 unspecified atom stereocenters. The van der Waals surface area contributed by atoms with E-state index in [1.54, 1.807) is 22.7 Å². The van der Waals surface area contributed by atoms with Crippen molar-refractivity contribution in [3.8, 4) is 0 Å². The van der Waals surface area contributed by atoms with Gasteiger partial charge >= 0.3 is 0 Å². The molecule has 2 aromatic rings. The van der Waals surface area contributed by atoms with Crippen molar-refractivity contribution >= 4 is 56.3 Å². The summed E-state index contributed by atoms with van der Waals surface area (Å²) in [6, 6.07) is 4.04. The van der Waals surface area contributed by atoms with E-state index in [1.165, 1.54) is 9.40 Å². The average molecular weight is 416 g/mol. The predicted molar refractivity (Wildman–Crippen MR) is 112 cm³/mol. The first-order chi connectivity index (χ1) is 12.0.